The SMILES string of the molecule is C[C@@H]1CC(=O)Nc2ccc(OC(F)F)c(c2)CN(C)C(=O)C(Nc2ccc(C#N)cc2)c2ccc(OCc3ccccc3)c1c2. The number of benzene rings is 4. The Morgan fingerprint density at radius 1 is 1.00 bits per heavy atom. The number of nitrogens with zero attached hydrogens (tertiary/aromatic N) is 2. The molecular formula is C35H32F2N4O4. The highest BCUT2D eigenvalue weighted by Gasteiger charge is 2.28. The fraction of sp³-hybridized carbons (Fsp3) is 0.229. The van der Waals surface area contributed by atoms with Gasteiger partial charge in [-0.2, -0.15) is 14.0 Å². The quantitative estimate of drug-likeness (QED) is 0.234. The average molecular weight is 611 g/mol. The van der Waals surface area contributed by atoms with E-state index in [4.69, 9.17) is 9.47 Å². The van der Waals surface area contributed by atoms with E-state index in [1.807, 2.05) is 43.3 Å². The van der Waals surface area contributed by atoms with E-state index in [0.29, 0.717) is 40.4 Å². The molecule has 2 amide bonds. The van der Waals surface area contributed by atoms with Crippen molar-refractivity contribution in [2.45, 2.75) is 45.1 Å². The fourth-order valence-corrected chi connectivity index (χ4v) is 5.24. The van der Waals surface area contributed by atoms with Crippen LogP contribution >= 0.6 is 0 Å². The number of ether oxygens (including phenoxy) is 2. The van der Waals surface area contributed by atoms with Crippen LogP contribution in [0.25, 0.3) is 0 Å². The Labute approximate surface area is 260 Å². The number of halogens is 2. The van der Waals surface area contributed by atoms with Gasteiger partial charge < -0.3 is 25.0 Å². The van der Waals surface area contributed by atoms with Gasteiger partial charge in [-0.1, -0.05) is 43.3 Å². The molecule has 1 aliphatic rings. The van der Waals surface area contributed by atoms with Gasteiger partial charge in [0.1, 0.15) is 24.1 Å². The van der Waals surface area contributed by atoms with Gasteiger partial charge >= 0.3 is 6.61 Å². The van der Waals surface area contributed by atoms with Crippen LogP contribution in [0, 0.1) is 11.3 Å². The molecule has 0 saturated carbocycles. The lowest BCUT2D eigenvalue weighted by atomic mass is 9.92. The molecule has 8 nitrogen and oxygen atoms in total. The molecule has 4 bridgehead atoms. The van der Waals surface area contributed by atoms with E-state index < -0.39 is 12.7 Å². The van der Waals surface area contributed by atoms with Gasteiger partial charge in [-0.15, -0.1) is 0 Å². The summed E-state index contributed by atoms with van der Waals surface area (Å²) >= 11 is 0. The lowest BCUT2D eigenvalue weighted by Gasteiger charge is -2.28. The maximum Gasteiger partial charge on any atom is 0.387 e. The van der Waals surface area contributed by atoms with Crippen LogP contribution in [-0.2, 0) is 22.7 Å². The number of fused-ring (bicyclic) bond motifs is 4. The Balaban J connectivity index is 1.57. The van der Waals surface area contributed by atoms with Crippen molar-refractivity contribution in [3.05, 3.63) is 119 Å². The Hall–Kier alpha value is -5.43. The third-order valence-corrected chi connectivity index (χ3v) is 7.54. The molecule has 0 saturated heterocycles. The lowest BCUT2D eigenvalue weighted by Crippen LogP contribution is -2.35. The first-order valence-corrected chi connectivity index (χ1v) is 14.4. The zero-order valence-corrected chi connectivity index (χ0v) is 24.8. The molecule has 230 valence electrons. The average Bonchev–Trinajstić information content (AvgIpc) is 3.03. The molecule has 0 spiro atoms. The maximum atomic E-state index is 14.1. The van der Waals surface area contributed by atoms with Gasteiger partial charge in [0.15, 0.2) is 0 Å². The van der Waals surface area contributed by atoms with Crippen LogP contribution in [0.5, 0.6) is 11.5 Å². The molecule has 10 heteroatoms. The van der Waals surface area contributed by atoms with Gasteiger partial charge in [0.05, 0.1) is 11.6 Å². The van der Waals surface area contributed by atoms with Crippen molar-refractivity contribution in [3.63, 3.8) is 0 Å². The molecule has 4 aromatic carbocycles. The first-order valence-electron chi connectivity index (χ1n) is 14.4. The zero-order valence-electron chi connectivity index (χ0n) is 24.8. The summed E-state index contributed by atoms with van der Waals surface area (Å²) in [5, 5.41) is 15.4. The number of likely N-dealkylation sites (N-methyl/N-ethyl adjacent to an activating group) is 1. The summed E-state index contributed by atoms with van der Waals surface area (Å²) in [4.78, 5) is 28.7. The molecule has 45 heavy (non-hydrogen) atoms. The molecule has 5 rings (SSSR count). The number of carbonyl (C=O) groups excluding carboxylic acids is 2. The topological polar surface area (TPSA) is 104 Å². The molecular weight excluding hydrogens is 578 g/mol. The Bertz CT molecular complexity index is 1710. The first kappa shape index (κ1) is 31.0. The number of nitriles is 1. The van der Waals surface area contributed by atoms with Gasteiger partial charge in [0.2, 0.25) is 11.8 Å². The molecule has 0 fully saturated rings. The molecule has 0 aromatic heterocycles. The molecule has 2 atom stereocenters. The van der Waals surface area contributed by atoms with Gasteiger partial charge in [0.25, 0.3) is 0 Å². The van der Waals surface area contributed by atoms with E-state index in [0.717, 1.165) is 11.1 Å². The summed E-state index contributed by atoms with van der Waals surface area (Å²) in [6.07, 6.45) is 0.0946. The molecule has 0 radical (unpaired) electrons. The minimum atomic E-state index is -3.07. The van der Waals surface area contributed by atoms with Crippen LogP contribution in [0.3, 0.4) is 0 Å². The maximum absolute atomic E-state index is 14.1. The Kier molecular flexibility index (Phi) is 9.58. The van der Waals surface area contributed by atoms with E-state index in [1.54, 1.807) is 43.4 Å². The second kappa shape index (κ2) is 13.9. The minimum absolute atomic E-state index is 0.0717. The predicted octanol–water partition coefficient (Wildman–Crippen LogP) is 7.00. The highest BCUT2D eigenvalue weighted by molar-refractivity contribution is 5.92. The normalized spacial score (nSPS) is 16.8. The van der Waals surface area contributed by atoms with Crippen molar-refractivity contribution in [1.82, 2.24) is 4.90 Å². The van der Waals surface area contributed by atoms with Crippen molar-refractivity contribution >= 4 is 23.2 Å². The number of alkyl halides is 2. The number of rotatable bonds is 7. The van der Waals surface area contributed by atoms with Crippen LogP contribution < -0.4 is 20.1 Å². The van der Waals surface area contributed by atoms with Crippen molar-refractivity contribution < 1.29 is 27.8 Å². The second-order valence-electron chi connectivity index (χ2n) is 10.9. The lowest BCUT2D eigenvalue weighted by molar-refractivity contribution is -0.131. The number of hydrogen-bond donors (Lipinski definition) is 2. The number of nitrogens with one attached hydrogen (secondary N) is 2. The summed E-state index contributed by atoms with van der Waals surface area (Å²) in [5.41, 5.74) is 4.10. The highest BCUT2D eigenvalue weighted by atomic mass is 19.3. The summed E-state index contributed by atoms with van der Waals surface area (Å²) in [6.45, 7) is -0.917. The molecule has 0 aliphatic carbocycles. The van der Waals surface area contributed by atoms with Crippen molar-refractivity contribution in [3.8, 4) is 17.6 Å². The standard InChI is InChI=1S/C35H32F2N4O4/c1-22-16-32(42)39-28-13-15-30(45-35(36)37)26(17-28)20-41(2)34(43)33(40-27-11-8-23(19-38)9-12-27)25-10-14-31(29(22)18-25)44-21-24-6-4-3-5-7-24/h3-15,17-18,22,33,35,40H,16,20-21H2,1-2H3,(H,39,42)/t22-,33?/m1/s1. The smallest absolute Gasteiger partial charge is 0.387 e. The summed E-state index contributed by atoms with van der Waals surface area (Å²) in [7, 11) is 1.57. The summed E-state index contributed by atoms with van der Waals surface area (Å²) in [5.74, 6) is -0.442. The third kappa shape index (κ3) is 7.75. The second-order valence-corrected chi connectivity index (χ2v) is 10.9. The van der Waals surface area contributed by atoms with Crippen LogP contribution in [-0.4, -0.2) is 30.4 Å². The molecule has 2 N–H and O–H groups in total. The van der Waals surface area contributed by atoms with Crippen LogP contribution in [0.15, 0.2) is 91.0 Å². The van der Waals surface area contributed by atoms with Crippen molar-refractivity contribution in [2.24, 2.45) is 0 Å². The molecule has 1 heterocycles. The van der Waals surface area contributed by atoms with Crippen LogP contribution in [0.4, 0.5) is 20.2 Å². The van der Waals surface area contributed by atoms with E-state index in [9.17, 15) is 23.6 Å². The van der Waals surface area contributed by atoms with Crippen LogP contribution in [0.1, 0.15) is 53.1 Å². The van der Waals surface area contributed by atoms with Gasteiger partial charge in [0, 0.05) is 37.0 Å². The van der Waals surface area contributed by atoms with E-state index in [2.05, 4.69) is 16.7 Å². The molecule has 1 aliphatic heterocycles. The fourth-order valence-electron chi connectivity index (χ4n) is 5.24. The minimum Gasteiger partial charge on any atom is -0.489 e. The van der Waals surface area contributed by atoms with Gasteiger partial charge in [-0.05, 0) is 77.2 Å². The largest absolute Gasteiger partial charge is 0.489 e. The zero-order chi connectivity index (χ0) is 31.9. The highest BCUT2D eigenvalue weighted by Crippen LogP contribution is 2.35. The van der Waals surface area contributed by atoms with E-state index in [-0.39, 0.29) is 36.4 Å². The first-order chi connectivity index (χ1) is 21.7. The summed E-state index contributed by atoms with van der Waals surface area (Å²) in [6, 6.07) is 27.4. The van der Waals surface area contributed by atoms with Crippen LogP contribution in [0.2, 0.25) is 0 Å². The molecule has 1 unspecified atom stereocenters. The monoisotopic (exact) mass is 610 g/mol. The number of amides is 2. The number of carbonyl (C=O) groups is 2. The molecule has 4 aromatic rings. The Morgan fingerprint density at radius 2 is 1.73 bits per heavy atom. The summed E-state index contributed by atoms with van der Waals surface area (Å²) < 4.78 is 37.4. The van der Waals surface area contributed by atoms with Gasteiger partial charge in [-0.25, -0.2) is 0 Å². The van der Waals surface area contributed by atoms with E-state index >= 15 is 0 Å². The van der Waals surface area contributed by atoms with E-state index in [1.165, 1.54) is 23.1 Å². The number of hydrogen-bond acceptors (Lipinski definition) is 6. The predicted molar refractivity (Wildman–Crippen MR) is 166 cm³/mol. The Morgan fingerprint density at radius 3 is 2.44 bits per heavy atom. The van der Waals surface area contributed by atoms with Crippen molar-refractivity contribution in [2.75, 3.05) is 17.7 Å². The number of anilines is 2. The van der Waals surface area contributed by atoms with Gasteiger partial charge in [-0.3, -0.25) is 9.59 Å². The third-order valence-electron chi connectivity index (χ3n) is 7.54. The van der Waals surface area contributed by atoms with Crippen molar-refractivity contribution in [1.29, 1.82) is 5.26 Å².